The minimum Gasteiger partial charge on any atom is -0.497 e. The molecule has 0 radical (unpaired) electrons. The number of nitrogens with zero attached hydrogens (tertiary/aromatic N) is 2. The lowest BCUT2D eigenvalue weighted by Gasteiger charge is -2.27. The first-order valence-corrected chi connectivity index (χ1v) is 11.0. The van der Waals surface area contributed by atoms with Gasteiger partial charge in [-0.2, -0.15) is 0 Å². The summed E-state index contributed by atoms with van der Waals surface area (Å²) in [7, 11) is 1.61. The Balaban J connectivity index is 1.73. The van der Waals surface area contributed by atoms with Crippen LogP contribution in [0.3, 0.4) is 0 Å². The number of rotatable bonds is 10. The Morgan fingerprint density at radius 2 is 1.69 bits per heavy atom. The van der Waals surface area contributed by atoms with Crippen LogP contribution in [0.4, 0.5) is 5.69 Å². The molecule has 1 aliphatic rings. The standard InChI is InChI=1S/C25H30N2O5/c1-4-16-32-21-12-8-19(9-13-21)27-24(29)17-22(25(27)30)26(23(28)5-2)15-14-18-6-10-20(31-3)11-7-18/h6-13,22H,4-5,14-17H2,1-3H3/t22-/m1/s1. The zero-order chi connectivity index (χ0) is 23.1. The fourth-order valence-electron chi connectivity index (χ4n) is 3.74. The van der Waals surface area contributed by atoms with E-state index in [1.165, 1.54) is 4.90 Å². The summed E-state index contributed by atoms with van der Waals surface area (Å²) < 4.78 is 10.7. The fourth-order valence-corrected chi connectivity index (χ4v) is 3.74. The van der Waals surface area contributed by atoms with Crippen molar-refractivity contribution in [2.24, 2.45) is 0 Å². The minimum atomic E-state index is -0.788. The summed E-state index contributed by atoms with van der Waals surface area (Å²) in [5.74, 6) is 0.631. The zero-order valence-electron chi connectivity index (χ0n) is 18.9. The van der Waals surface area contributed by atoms with Crippen LogP contribution in [-0.2, 0) is 20.8 Å². The monoisotopic (exact) mass is 438 g/mol. The minimum absolute atomic E-state index is 0.0126. The van der Waals surface area contributed by atoms with E-state index >= 15 is 0 Å². The molecule has 1 atom stereocenters. The lowest BCUT2D eigenvalue weighted by atomic mass is 10.1. The number of carbonyl (C=O) groups is 3. The summed E-state index contributed by atoms with van der Waals surface area (Å²) in [6, 6.07) is 13.7. The molecule has 1 aliphatic heterocycles. The van der Waals surface area contributed by atoms with Gasteiger partial charge in [0.05, 0.1) is 25.8 Å². The van der Waals surface area contributed by atoms with Crippen LogP contribution in [-0.4, -0.2) is 48.9 Å². The maximum Gasteiger partial charge on any atom is 0.257 e. The highest BCUT2D eigenvalue weighted by Crippen LogP contribution is 2.28. The van der Waals surface area contributed by atoms with Crippen LogP contribution in [0.5, 0.6) is 11.5 Å². The molecule has 0 bridgehead atoms. The second-order valence-corrected chi connectivity index (χ2v) is 7.67. The molecule has 170 valence electrons. The summed E-state index contributed by atoms with van der Waals surface area (Å²) >= 11 is 0. The van der Waals surface area contributed by atoms with Crippen molar-refractivity contribution in [3.8, 4) is 11.5 Å². The summed E-state index contributed by atoms with van der Waals surface area (Å²) in [6.45, 7) is 4.75. The first-order chi connectivity index (χ1) is 15.5. The number of ether oxygens (including phenoxy) is 2. The van der Waals surface area contributed by atoms with Gasteiger partial charge in [0.15, 0.2) is 0 Å². The molecule has 2 aromatic carbocycles. The first-order valence-electron chi connectivity index (χ1n) is 11.0. The van der Waals surface area contributed by atoms with Crippen molar-refractivity contribution in [2.75, 3.05) is 25.2 Å². The number of methoxy groups -OCH3 is 1. The molecule has 7 heteroatoms. The van der Waals surface area contributed by atoms with Gasteiger partial charge in [0, 0.05) is 13.0 Å². The third kappa shape index (κ3) is 5.28. The predicted octanol–water partition coefficient (Wildman–Crippen LogP) is 3.60. The molecule has 1 saturated heterocycles. The zero-order valence-corrected chi connectivity index (χ0v) is 18.9. The lowest BCUT2D eigenvalue weighted by Crippen LogP contribution is -2.46. The van der Waals surface area contributed by atoms with Gasteiger partial charge in [0.2, 0.25) is 11.8 Å². The molecule has 1 fully saturated rings. The van der Waals surface area contributed by atoms with E-state index in [-0.39, 0.29) is 30.6 Å². The average Bonchev–Trinajstić information content (AvgIpc) is 3.11. The van der Waals surface area contributed by atoms with E-state index in [2.05, 4.69) is 0 Å². The van der Waals surface area contributed by atoms with Gasteiger partial charge >= 0.3 is 0 Å². The highest BCUT2D eigenvalue weighted by molar-refractivity contribution is 6.23. The van der Waals surface area contributed by atoms with Gasteiger partial charge in [0.25, 0.3) is 5.91 Å². The summed E-state index contributed by atoms with van der Waals surface area (Å²) in [5, 5.41) is 0. The van der Waals surface area contributed by atoms with Crippen molar-refractivity contribution in [2.45, 2.75) is 45.6 Å². The Morgan fingerprint density at radius 1 is 1.03 bits per heavy atom. The Kier molecular flexibility index (Phi) is 7.87. The lowest BCUT2D eigenvalue weighted by molar-refractivity contribution is -0.138. The molecule has 0 aliphatic carbocycles. The van der Waals surface area contributed by atoms with Gasteiger partial charge < -0.3 is 14.4 Å². The number of imide groups is 1. The van der Waals surface area contributed by atoms with E-state index in [4.69, 9.17) is 9.47 Å². The van der Waals surface area contributed by atoms with E-state index in [1.54, 1.807) is 43.2 Å². The van der Waals surface area contributed by atoms with Crippen molar-refractivity contribution in [1.82, 2.24) is 4.90 Å². The van der Waals surface area contributed by atoms with Gasteiger partial charge in [-0.3, -0.25) is 14.4 Å². The van der Waals surface area contributed by atoms with Crippen molar-refractivity contribution >= 4 is 23.4 Å². The van der Waals surface area contributed by atoms with Gasteiger partial charge in [-0.1, -0.05) is 26.0 Å². The normalized spacial score (nSPS) is 15.7. The molecule has 0 aromatic heterocycles. The number of hydrogen-bond donors (Lipinski definition) is 0. The fraction of sp³-hybridized carbons (Fsp3) is 0.400. The number of hydrogen-bond acceptors (Lipinski definition) is 5. The third-order valence-corrected chi connectivity index (χ3v) is 5.49. The Hall–Kier alpha value is -3.35. The second kappa shape index (κ2) is 10.8. The van der Waals surface area contributed by atoms with Crippen LogP contribution >= 0.6 is 0 Å². The van der Waals surface area contributed by atoms with Gasteiger partial charge in [-0.25, -0.2) is 4.90 Å². The maximum absolute atomic E-state index is 13.2. The molecular weight excluding hydrogens is 408 g/mol. The molecule has 0 spiro atoms. The summed E-state index contributed by atoms with van der Waals surface area (Å²) in [4.78, 5) is 41.3. The number of amides is 3. The van der Waals surface area contributed by atoms with E-state index in [0.29, 0.717) is 31.0 Å². The molecule has 7 nitrogen and oxygen atoms in total. The van der Waals surface area contributed by atoms with Gasteiger partial charge in [-0.15, -0.1) is 0 Å². The van der Waals surface area contributed by atoms with E-state index in [0.717, 1.165) is 17.7 Å². The van der Waals surface area contributed by atoms with E-state index < -0.39 is 6.04 Å². The molecule has 3 amide bonds. The summed E-state index contributed by atoms with van der Waals surface area (Å²) in [6.07, 6.45) is 1.73. The van der Waals surface area contributed by atoms with Crippen LogP contribution in [0.15, 0.2) is 48.5 Å². The van der Waals surface area contributed by atoms with Gasteiger partial charge in [0.1, 0.15) is 17.5 Å². The molecule has 0 saturated carbocycles. The number of benzene rings is 2. The van der Waals surface area contributed by atoms with Crippen LogP contribution in [0, 0.1) is 0 Å². The Bertz CT molecular complexity index is 940. The smallest absolute Gasteiger partial charge is 0.257 e. The van der Waals surface area contributed by atoms with Gasteiger partial charge in [-0.05, 0) is 54.8 Å². The Labute approximate surface area is 188 Å². The van der Waals surface area contributed by atoms with Crippen LogP contribution in [0.1, 0.15) is 38.7 Å². The van der Waals surface area contributed by atoms with E-state index in [9.17, 15) is 14.4 Å². The van der Waals surface area contributed by atoms with Crippen LogP contribution < -0.4 is 14.4 Å². The Morgan fingerprint density at radius 3 is 2.28 bits per heavy atom. The van der Waals surface area contributed by atoms with Crippen LogP contribution in [0.25, 0.3) is 0 Å². The topological polar surface area (TPSA) is 76.2 Å². The first kappa shape index (κ1) is 23.3. The molecule has 1 heterocycles. The molecule has 32 heavy (non-hydrogen) atoms. The quantitative estimate of drug-likeness (QED) is 0.530. The molecule has 2 aromatic rings. The number of anilines is 1. The van der Waals surface area contributed by atoms with Crippen molar-refractivity contribution < 1.29 is 23.9 Å². The highest BCUT2D eigenvalue weighted by Gasteiger charge is 2.43. The maximum atomic E-state index is 13.2. The summed E-state index contributed by atoms with van der Waals surface area (Å²) in [5.41, 5.74) is 1.52. The number of carbonyl (C=O) groups excluding carboxylic acids is 3. The SMILES string of the molecule is CCCOc1ccc(N2C(=O)C[C@@H](N(CCc3ccc(OC)cc3)C(=O)CC)C2=O)cc1. The van der Waals surface area contributed by atoms with E-state index in [1.807, 2.05) is 31.2 Å². The predicted molar refractivity (Wildman–Crippen MR) is 122 cm³/mol. The largest absolute Gasteiger partial charge is 0.497 e. The van der Waals surface area contributed by atoms with Crippen LogP contribution in [0.2, 0.25) is 0 Å². The average molecular weight is 439 g/mol. The van der Waals surface area contributed by atoms with Crippen molar-refractivity contribution in [3.05, 3.63) is 54.1 Å². The second-order valence-electron chi connectivity index (χ2n) is 7.67. The molecule has 3 rings (SSSR count). The third-order valence-electron chi connectivity index (χ3n) is 5.49. The molecular formula is C25H30N2O5. The molecule has 0 N–H and O–H groups in total. The molecule has 0 unspecified atom stereocenters. The van der Waals surface area contributed by atoms with Crippen molar-refractivity contribution in [1.29, 1.82) is 0 Å². The van der Waals surface area contributed by atoms with Crippen molar-refractivity contribution in [3.63, 3.8) is 0 Å². The highest BCUT2D eigenvalue weighted by atomic mass is 16.5.